The molecule has 0 aliphatic rings. The minimum atomic E-state index is 0.668. The first kappa shape index (κ1) is 9.85. The average Bonchev–Trinajstić information content (AvgIpc) is 2.83. The number of hydrogen-bond donors (Lipinski definition) is 1. The summed E-state index contributed by atoms with van der Waals surface area (Å²) in [7, 11) is 1.88. The molecule has 2 aromatic rings. The first-order valence-electron chi connectivity index (χ1n) is 4.90. The highest BCUT2D eigenvalue weighted by Crippen LogP contribution is 2.13. The van der Waals surface area contributed by atoms with E-state index < -0.39 is 0 Å². The van der Waals surface area contributed by atoms with E-state index in [9.17, 15) is 0 Å². The molecule has 2 aromatic heterocycles. The maximum atomic E-state index is 5.43. The summed E-state index contributed by atoms with van der Waals surface area (Å²) in [4.78, 5) is 0. The molecule has 0 fully saturated rings. The van der Waals surface area contributed by atoms with Gasteiger partial charge in [0.2, 0.25) is 0 Å². The molecule has 0 unspecified atom stereocenters. The standard InChI is InChI=1S/C9H14N6/c1-14-9(3-5-11-14)8-7-15(13-12-8)6-2-4-10/h3,5,7H,2,4,6,10H2,1H3. The number of aryl methyl sites for hydroxylation is 2. The van der Waals surface area contributed by atoms with Crippen LogP contribution in [0, 0.1) is 0 Å². The molecular formula is C9H14N6. The van der Waals surface area contributed by atoms with Crippen molar-refractivity contribution in [3.8, 4) is 11.4 Å². The van der Waals surface area contributed by atoms with Crippen LogP contribution in [0.3, 0.4) is 0 Å². The van der Waals surface area contributed by atoms with Gasteiger partial charge in [0, 0.05) is 19.8 Å². The van der Waals surface area contributed by atoms with E-state index >= 15 is 0 Å². The summed E-state index contributed by atoms with van der Waals surface area (Å²) in [6, 6.07) is 1.91. The molecule has 0 saturated carbocycles. The largest absolute Gasteiger partial charge is 0.330 e. The molecule has 0 aromatic carbocycles. The highest BCUT2D eigenvalue weighted by molar-refractivity contribution is 5.51. The SMILES string of the molecule is Cn1nccc1-c1cn(CCCN)nn1. The van der Waals surface area contributed by atoms with Crippen molar-refractivity contribution in [3.05, 3.63) is 18.5 Å². The smallest absolute Gasteiger partial charge is 0.131 e. The summed E-state index contributed by atoms with van der Waals surface area (Å²) < 4.78 is 3.58. The Kier molecular flexibility index (Phi) is 2.77. The van der Waals surface area contributed by atoms with Crippen LogP contribution in [0.25, 0.3) is 11.4 Å². The molecule has 0 atom stereocenters. The van der Waals surface area contributed by atoms with Crippen LogP contribution in [0.15, 0.2) is 18.5 Å². The minimum absolute atomic E-state index is 0.668. The summed E-state index contributed by atoms with van der Waals surface area (Å²) in [5, 5.41) is 12.2. The Morgan fingerprint density at radius 3 is 3.00 bits per heavy atom. The van der Waals surface area contributed by atoms with Crippen LogP contribution in [-0.4, -0.2) is 31.3 Å². The molecule has 0 radical (unpaired) electrons. The lowest BCUT2D eigenvalue weighted by molar-refractivity contribution is 0.564. The van der Waals surface area contributed by atoms with Crippen molar-refractivity contribution in [2.75, 3.05) is 6.54 Å². The predicted octanol–water partition coefficient (Wildman–Crippen LogP) is 0.0274. The van der Waals surface area contributed by atoms with Crippen molar-refractivity contribution < 1.29 is 0 Å². The molecule has 0 saturated heterocycles. The van der Waals surface area contributed by atoms with Gasteiger partial charge >= 0.3 is 0 Å². The fourth-order valence-corrected chi connectivity index (χ4v) is 1.40. The van der Waals surface area contributed by atoms with Gasteiger partial charge in [-0.25, -0.2) is 0 Å². The third-order valence-corrected chi connectivity index (χ3v) is 2.21. The Morgan fingerprint density at radius 1 is 1.47 bits per heavy atom. The van der Waals surface area contributed by atoms with Crippen molar-refractivity contribution in [2.24, 2.45) is 12.8 Å². The van der Waals surface area contributed by atoms with Crippen LogP contribution in [-0.2, 0) is 13.6 Å². The van der Waals surface area contributed by atoms with Gasteiger partial charge in [0.05, 0.1) is 11.9 Å². The third kappa shape index (κ3) is 2.04. The molecular weight excluding hydrogens is 192 g/mol. The highest BCUT2D eigenvalue weighted by Gasteiger charge is 2.06. The van der Waals surface area contributed by atoms with E-state index in [0.29, 0.717) is 6.54 Å². The van der Waals surface area contributed by atoms with E-state index in [1.54, 1.807) is 15.6 Å². The van der Waals surface area contributed by atoms with Crippen molar-refractivity contribution in [3.63, 3.8) is 0 Å². The molecule has 2 N–H and O–H groups in total. The van der Waals surface area contributed by atoms with Crippen molar-refractivity contribution in [1.29, 1.82) is 0 Å². The van der Waals surface area contributed by atoms with Gasteiger partial charge in [-0.3, -0.25) is 9.36 Å². The molecule has 0 amide bonds. The summed E-state index contributed by atoms with van der Waals surface area (Å²) in [6.45, 7) is 1.47. The zero-order valence-electron chi connectivity index (χ0n) is 8.67. The molecule has 0 bridgehead atoms. The molecule has 2 heterocycles. The van der Waals surface area contributed by atoms with Crippen LogP contribution in [0.5, 0.6) is 0 Å². The number of nitrogens with zero attached hydrogens (tertiary/aromatic N) is 5. The van der Waals surface area contributed by atoms with Gasteiger partial charge in [0.1, 0.15) is 5.69 Å². The fourth-order valence-electron chi connectivity index (χ4n) is 1.40. The molecule has 6 heteroatoms. The van der Waals surface area contributed by atoms with Crippen molar-refractivity contribution in [2.45, 2.75) is 13.0 Å². The quantitative estimate of drug-likeness (QED) is 0.765. The lowest BCUT2D eigenvalue weighted by Gasteiger charge is -1.96. The monoisotopic (exact) mass is 206 g/mol. The molecule has 0 aliphatic carbocycles. The molecule has 6 nitrogen and oxygen atoms in total. The van der Waals surface area contributed by atoms with Crippen molar-refractivity contribution >= 4 is 0 Å². The van der Waals surface area contributed by atoms with Gasteiger partial charge in [-0.15, -0.1) is 5.10 Å². The first-order valence-corrected chi connectivity index (χ1v) is 4.90. The zero-order chi connectivity index (χ0) is 10.7. The van der Waals surface area contributed by atoms with E-state index in [1.165, 1.54) is 0 Å². The Labute approximate surface area is 87.7 Å². The summed E-state index contributed by atoms with van der Waals surface area (Å²) in [5.41, 5.74) is 7.23. The van der Waals surface area contributed by atoms with E-state index in [1.807, 2.05) is 19.3 Å². The molecule has 80 valence electrons. The zero-order valence-corrected chi connectivity index (χ0v) is 8.67. The Hall–Kier alpha value is -1.69. The van der Waals surface area contributed by atoms with Crippen LogP contribution in [0.2, 0.25) is 0 Å². The molecule has 2 rings (SSSR count). The summed E-state index contributed by atoms with van der Waals surface area (Å²) >= 11 is 0. The normalized spacial score (nSPS) is 10.8. The van der Waals surface area contributed by atoms with Crippen molar-refractivity contribution in [1.82, 2.24) is 24.8 Å². The average molecular weight is 206 g/mol. The first-order chi connectivity index (χ1) is 7.31. The lowest BCUT2D eigenvalue weighted by atomic mass is 10.3. The number of nitrogens with two attached hydrogens (primary N) is 1. The fraction of sp³-hybridized carbons (Fsp3) is 0.444. The van der Waals surface area contributed by atoms with E-state index in [2.05, 4.69) is 15.4 Å². The highest BCUT2D eigenvalue weighted by atomic mass is 15.4. The van der Waals surface area contributed by atoms with E-state index in [0.717, 1.165) is 24.4 Å². The summed E-state index contributed by atoms with van der Waals surface area (Å²) in [6.07, 6.45) is 4.56. The number of hydrogen-bond acceptors (Lipinski definition) is 4. The Balaban J connectivity index is 2.17. The lowest BCUT2D eigenvalue weighted by Crippen LogP contribution is -2.06. The maximum Gasteiger partial charge on any atom is 0.131 e. The van der Waals surface area contributed by atoms with Crippen LogP contribution in [0.1, 0.15) is 6.42 Å². The molecule has 0 spiro atoms. The maximum absolute atomic E-state index is 5.43. The minimum Gasteiger partial charge on any atom is -0.330 e. The van der Waals surface area contributed by atoms with Gasteiger partial charge in [0.25, 0.3) is 0 Å². The topological polar surface area (TPSA) is 74.5 Å². The van der Waals surface area contributed by atoms with Gasteiger partial charge in [-0.2, -0.15) is 5.10 Å². The third-order valence-electron chi connectivity index (χ3n) is 2.21. The van der Waals surface area contributed by atoms with Crippen LogP contribution >= 0.6 is 0 Å². The van der Waals surface area contributed by atoms with Crippen LogP contribution in [0.4, 0.5) is 0 Å². The second kappa shape index (κ2) is 4.22. The van der Waals surface area contributed by atoms with Gasteiger partial charge in [0.15, 0.2) is 0 Å². The second-order valence-corrected chi connectivity index (χ2v) is 3.35. The van der Waals surface area contributed by atoms with E-state index in [4.69, 9.17) is 5.73 Å². The van der Waals surface area contributed by atoms with Crippen LogP contribution < -0.4 is 5.73 Å². The summed E-state index contributed by atoms with van der Waals surface area (Å²) in [5.74, 6) is 0. The predicted molar refractivity (Wildman–Crippen MR) is 55.9 cm³/mol. The van der Waals surface area contributed by atoms with Gasteiger partial charge in [-0.05, 0) is 19.0 Å². The molecule has 15 heavy (non-hydrogen) atoms. The van der Waals surface area contributed by atoms with Gasteiger partial charge < -0.3 is 5.73 Å². The Morgan fingerprint density at radius 2 is 2.33 bits per heavy atom. The Bertz CT molecular complexity index is 429. The van der Waals surface area contributed by atoms with Gasteiger partial charge in [-0.1, -0.05) is 5.21 Å². The van der Waals surface area contributed by atoms with E-state index in [-0.39, 0.29) is 0 Å². The number of rotatable bonds is 4. The number of aromatic nitrogens is 5. The molecule has 0 aliphatic heterocycles. The second-order valence-electron chi connectivity index (χ2n) is 3.35.